The highest BCUT2D eigenvalue weighted by molar-refractivity contribution is 5.96. The van der Waals surface area contributed by atoms with Gasteiger partial charge < -0.3 is 25.4 Å². The van der Waals surface area contributed by atoms with E-state index < -0.39 is 35.6 Å². The summed E-state index contributed by atoms with van der Waals surface area (Å²) in [5, 5.41) is 18.1. The zero-order valence-electron chi connectivity index (χ0n) is 23.4. The number of para-hydroxylation sites is 1. The van der Waals surface area contributed by atoms with Gasteiger partial charge in [-0.2, -0.15) is 0 Å². The predicted octanol–water partition coefficient (Wildman–Crippen LogP) is 4.54. The van der Waals surface area contributed by atoms with Crippen LogP contribution in [0.25, 0.3) is 10.8 Å². The fraction of sp³-hybridized carbons (Fsp3) is 0.394. The molecule has 5 atom stereocenters. The van der Waals surface area contributed by atoms with Crippen LogP contribution in [-0.4, -0.2) is 63.0 Å². The summed E-state index contributed by atoms with van der Waals surface area (Å²) < 4.78 is 6.36. The van der Waals surface area contributed by atoms with Crippen molar-refractivity contribution >= 4 is 34.2 Å². The van der Waals surface area contributed by atoms with Crippen molar-refractivity contribution in [3.63, 3.8) is 0 Å². The van der Waals surface area contributed by atoms with Crippen LogP contribution in [-0.2, 0) is 14.4 Å². The van der Waals surface area contributed by atoms with E-state index in [0.717, 1.165) is 42.1 Å². The molecule has 2 aromatic carbocycles. The Kier molecular flexibility index (Phi) is 7.82. The Morgan fingerprint density at radius 3 is 2.69 bits per heavy atom. The van der Waals surface area contributed by atoms with Gasteiger partial charge in [0.15, 0.2) is 0 Å². The largest absolute Gasteiger partial charge is 0.479 e. The maximum absolute atomic E-state index is 14.2. The van der Waals surface area contributed by atoms with Crippen molar-refractivity contribution < 1.29 is 24.2 Å². The lowest BCUT2D eigenvalue weighted by atomic mass is 10.0. The Morgan fingerprint density at radius 1 is 1.05 bits per heavy atom. The summed E-state index contributed by atoms with van der Waals surface area (Å²) >= 11 is 0. The zero-order valence-corrected chi connectivity index (χ0v) is 23.4. The number of nitrogens with zero attached hydrogens (tertiary/aromatic N) is 2. The molecule has 2 amide bonds. The summed E-state index contributed by atoms with van der Waals surface area (Å²) in [5.74, 6) is -1.54. The number of carboxylic acids is 1. The third-order valence-electron chi connectivity index (χ3n) is 8.65. The number of rotatable bonds is 5. The Hall–Kier alpha value is -4.40. The van der Waals surface area contributed by atoms with Gasteiger partial charge in [-0.3, -0.25) is 9.59 Å². The molecule has 9 nitrogen and oxygen atoms in total. The maximum Gasteiger partial charge on any atom is 0.330 e. The summed E-state index contributed by atoms with van der Waals surface area (Å²) in [6, 6.07) is 17.8. The van der Waals surface area contributed by atoms with E-state index in [9.17, 15) is 19.5 Å². The second kappa shape index (κ2) is 11.8. The van der Waals surface area contributed by atoms with Crippen LogP contribution in [0.5, 0.6) is 5.88 Å². The van der Waals surface area contributed by atoms with E-state index in [4.69, 9.17) is 4.74 Å². The lowest BCUT2D eigenvalue weighted by Gasteiger charge is -2.30. The highest BCUT2D eigenvalue weighted by Crippen LogP contribution is 2.45. The van der Waals surface area contributed by atoms with Crippen molar-refractivity contribution in [2.45, 2.75) is 68.7 Å². The van der Waals surface area contributed by atoms with Crippen LogP contribution in [0.3, 0.4) is 0 Å². The monoisotopic (exact) mass is 568 g/mol. The number of hydrogen-bond donors (Lipinski definition) is 3. The first-order chi connectivity index (χ1) is 20.4. The number of carboxylic acid groups (broad SMARTS) is 1. The van der Waals surface area contributed by atoms with Crippen molar-refractivity contribution in [2.75, 3.05) is 11.9 Å². The highest BCUT2D eigenvalue weighted by atomic mass is 16.5. The number of hydrogen-bond acceptors (Lipinski definition) is 6. The average Bonchev–Trinajstić information content (AvgIpc) is 3.53. The first-order valence-corrected chi connectivity index (χ1v) is 14.8. The molecule has 218 valence electrons. The number of anilines is 1. The molecule has 0 bridgehead atoms. The molecule has 1 saturated carbocycles. The van der Waals surface area contributed by atoms with Crippen LogP contribution in [0.2, 0.25) is 0 Å². The Morgan fingerprint density at radius 2 is 1.86 bits per heavy atom. The van der Waals surface area contributed by atoms with Crippen LogP contribution in [0, 0.1) is 5.92 Å². The minimum Gasteiger partial charge on any atom is -0.479 e. The van der Waals surface area contributed by atoms with E-state index in [0.29, 0.717) is 18.7 Å². The number of fused-ring (bicyclic) bond motifs is 3. The van der Waals surface area contributed by atoms with E-state index in [1.54, 1.807) is 11.1 Å². The van der Waals surface area contributed by atoms with Crippen LogP contribution >= 0.6 is 0 Å². The van der Waals surface area contributed by atoms with Gasteiger partial charge in [0.2, 0.25) is 17.7 Å². The predicted molar refractivity (Wildman–Crippen MR) is 159 cm³/mol. The van der Waals surface area contributed by atoms with Crippen molar-refractivity contribution in [3.05, 3.63) is 79.0 Å². The molecule has 0 unspecified atom stereocenters. The minimum atomic E-state index is -1.35. The summed E-state index contributed by atoms with van der Waals surface area (Å²) in [5.41, 5.74) is -0.518. The molecule has 2 fully saturated rings. The smallest absolute Gasteiger partial charge is 0.330 e. The molecule has 3 aliphatic rings. The fourth-order valence-corrected chi connectivity index (χ4v) is 6.23. The molecule has 3 aromatic rings. The molecule has 0 radical (unpaired) electrons. The van der Waals surface area contributed by atoms with Gasteiger partial charge in [0.05, 0.1) is 6.54 Å². The third-order valence-corrected chi connectivity index (χ3v) is 8.65. The fourth-order valence-electron chi connectivity index (χ4n) is 6.23. The van der Waals surface area contributed by atoms with Crippen molar-refractivity contribution in [2.24, 2.45) is 5.92 Å². The molecule has 42 heavy (non-hydrogen) atoms. The molecular weight excluding hydrogens is 532 g/mol. The van der Waals surface area contributed by atoms with Gasteiger partial charge in [0.25, 0.3) is 0 Å². The number of carbonyl (C=O) groups is 3. The third kappa shape index (κ3) is 5.68. The standard InChI is InChI=1S/C33H36N4O5/c38-29-28-19-25(42-30-26-15-10-9-11-22(26)17-18-34-30)21-37(28)31(39)27(35-24-13-6-4-7-14-24)16-8-3-1-2-5-12-23-20-33(23,36-29)32(40)41/h4-7,9-15,17-18,23,25,27-28,35H,1-3,8,16,19-21H2,(H,36,38)(H,40,41)/b12-5-/t23-,25-,27+,28+,33-/m1/s1. The molecule has 1 saturated heterocycles. The first kappa shape index (κ1) is 27.8. The van der Waals surface area contributed by atoms with Crippen molar-refractivity contribution in [1.29, 1.82) is 0 Å². The number of aliphatic carboxylic acids is 1. The number of amides is 2. The first-order valence-electron chi connectivity index (χ1n) is 14.8. The SMILES string of the molecule is O=C1N[C@]2(C(=O)O)C[C@H]2/C=C\CCCCC[C@H](Nc2ccccc2)C(=O)N2C[C@H](Oc3nccc4ccccc34)C[C@@H]12. The second-order valence-corrected chi connectivity index (χ2v) is 11.5. The highest BCUT2D eigenvalue weighted by Gasteiger charge is 2.61. The summed E-state index contributed by atoms with van der Waals surface area (Å²) in [7, 11) is 0. The molecule has 3 heterocycles. The topological polar surface area (TPSA) is 121 Å². The van der Waals surface area contributed by atoms with E-state index in [1.807, 2.05) is 72.8 Å². The Labute approximate surface area is 245 Å². The van der Waals surface area contributed by atoms with Crippen LogP contribution in [0.4, 0.5) is 5.69 Å². The van der Waals surface area contributed by atoms with Gasteiger partial charge in [0.1, 0.15) is 23.7 Å². The minimum absolute atomic E-state index is 0.193. The molecule has 6 rings (SSSR count). The van der Waals surface area contributed by atoms with Gasteiger partial charge in [-0.15, -0.1) is 0 Å². The second-order valence-electron chi connectivity index (χ2n) is 11.5. The molecule has 1 aromatic heterocycles. The number of benzene rings is 2. The van der Waals surface area contributed by atoms with Gasteiger partial charge in [-0.05, 0) is 55.3 Å². The lowest BCUT2D eigenvalue weighted by Crippen LogP contribution is -2.55. The van der Waals surface area contributed by atoms with Gasteiger partial charge in [-0.25, -0.2) is 9.78 Å². The Bertz CT molecular complexity index is 1490. The maximum atomic E-state index is 14.2. The summed E-state index contributed by atoms with van der Waals surface area (Å²) in [4.78, 5) is 46.4. The van der Waals surface area contributed by atoms with Gasteiger partial charge in [-0.1, -0.05) is 61.4 Å². The normalized spacial score (nSPS) is 28.9. The van der Waals surface area contributed by atoms with E-state index in [2.05, 4.69) is 15.6 Å². The van der Waals surface area contributed by atoms with Gasteiger partial charge in [0, 0.05) is 29.6 Å². The molecule has 9 heteroatoms. The number of pyridine rings is 1. The van der Waals surface area contributed by atoms with E-state index in [1.165, 1.54) is 0 Å². The van der Waals surface area contributed by atoms with E-state index >= 15 is 0 Å². The number of nitrogens with one attached hydrogen (secondary N) is 2. The molecule has 3 N–H and O–H groups in total. The molecule has 0 spiro atoms. The number of ether oxygens (including phenoxy) is 1. The number of aromatic nitrogens is 1. The quantitative estimate of drug-likeness (QED) is 0.387. The molecule has 1 aliphatic carbocycles. The number of carbonyl (C=O) groups excluding carboxylic acids is 2. The Balaban J connectivity index is 1.30. The zero-order chi connectivity index (χ0) is 29.1. The van der Waals surface area contributed by atoms with Gasteiger partial charge >= 0.3 is 5.97 Å². The number of allylic oxidation sites excluding steroid dienone is 1. The van der Waals surface area contributed by atoms with Crippen molar-refractivity contribution in [1.82, 2.24) is 15.2 Å². The average molecular weight is 569 g/mol. The summed E-state index contributed by atoms with van der Waals surface area (Å²) in [6.07, 6.45) is 9.88. The van der Waals surface area contributed by atoms with Crippen LogP contribution in [0.1, 0.15) is 44.9 Å². The van der Waals surface area contributed by atoms with Crippen molar-refractivity contribution in [3.8, 4) is 5.88 Å². The van der Waals surface area contributed by atoms with Crippen LogP contribution < -0.4 is 15.4 Å². The van der Waals surface area contributed by atoms with E-state index in [-0.39, 0.29) is 24.8 Å². The molecular formula is C33H36N4O5. The summed E-state index contributed by atoms with van der Waals surface area (Å²) in [6.45, 7) is 0.193. The molecule has 2 aliphatic heterocycles. The van der Waals surface area contributed by atoms with Crippen LogP contribution in [0.15, 0.2) is 79.0 Å². The lowest BCUT2D eigenvalue weighted by molar-refractivity contribution is -0.145.